The third-order valence-corrected chi connectivity index (χ3v) is 3.52. The Kier molecular flexibility index (Phi) is 3.62. The zero-order valence-corrected chi connectivity index (χ0v) is 11.2. The summed E-state index contributed by atoms with van der Waals surface area (Å²) in [5, 5.41) is 3.39. The standard InChI is InChI=1S/C15H19N3O/c1-12-4-2-5-13(17-12)15(14-6-3-11-19-14)18-9-7-16-8-10-18/h2-6,11,15-16H,7-10H2,1H3. The van der Waals surface area contributed by atoms with E-state index in [4.69, 9.17) is 4.42 Å². The van der Waals surface area contributed by atoms with E-state index in [1.54, 1.807) is 6.26 Å². The van der Waals surface area contributed by atoms with Crippen LogP contribution in [0.15, 0.2) is 41.0 Å². The molecule has 1 atom stereocenters. The molecule has 2 aromatic heterocycles. The van der Waals surface area contributed by atoms with Gasteiger partial charge in [-0.15, -0.1) is 0 Å². The summed E-state index contributed by atoms with van der Waals surface area (Å²) in [7, 11) is 0. The van der Waals surface area contributed by atoms with Gasteiger partial charge in [0.25, 0.3) is 0 Å². The fourth-order valence-corrected chi connectivity index (χ4v) is 2.62. The van der Waals surface area contributed by atoms with Gasteiger partial charge in [-0.2, -0.15) is 0 Å². The molecular formula is C15H19N3O. The van der Waals surface area contributed by atoms with Crippen molar-refractivity contribution in [3.63, 3.8) is 0 Å². The van der Waals surface area contributed by atoms with E-state index < -0.39 is 0 Å². The molecule has 4 heteroatoms. The number of nitrogens with zero attached hydrogens (tertiary/aromatic N) is 2. The SMILES string of the molecule is Cc1cccc(C(c2ccco2)N2CCNCC2)n1. The highest BCUT2D eigenvalue weighted by Gasteiger charge is 2.26. The first kappa shape index (κ1) is 12.4. The highest BCUT2D eigenvalue weighted by molar-refractivity contribution is 5.22. The number of aromatic nitrogens is 1. The van der Waals surface area contributed by atoms with E-state index in [1.807, 2.05) is 25.1 Å². The Labute approximate surface area is 113 Å². The Balaban J connectivity index is 1.96. The van der Waals surface area contributed by atoms with Crippen LogP contribution in [0, 0.1) is 6.92 Å². The van der Waals surface area contributed by atoms with Gasteiger partial charge in [0.1, 0.15) is 11.8 Å². The Morgan fingerprint density at radius 2 is 2.05 bits per heavy atom. The highest BCUT2D eigenvalue weighted by atomic mass is 16.3. The van der Waals surface area contributed by atoms with Crippen molar-refractivity contribution in [2.75, 3.05) is 26.2 Å². The Bertz CT molecular complexity index is 518. The van der Waals surface area contributed by atoms with Gasteiger partial charge in [-0.3, -0.25) is 9.88 Å². The molecule has 0 spiro atoms. The van der Waals surface area contributed by atoms with Crippen LogP contribution in [-0.2, 0) is 0 Å². The van der Waals surface area contributed by atoms with Gasteiger partial charge in [-0.25, -0.2) is 0 Å². The quantitative estimate of drug-likeness (QED) is 0.913. The molecule has 0 saturated carbocycles. The Morgan fingerprint density at radius 1 is 1.21 bits per heavy atom. The minimum Gasteiger partial charge on any atom is -0.467 e. The van der Waals surface area contributed by atoms with Crippen molar-refractivity contribution in [2.24, 2.45) is 0 Å². The Morgan fingerprint density at radius 3 is 2.74 bits per heavy atom. The van der Waals surface area contributed by atoms with Gasteiger partial charge in [0.05, 0.1) is 12.0 Å². The van der Waals surface area contributed by atoms with Crippen LogP contribution in [-0.4, -0.2) is 36.1 Å². The molecule has 3 rings (SSSR count). The summed E-state index contributed by atoms with van der Waals surface area (Å²) in [5.41, 5.74) is 2.11. The molecule has 0 aromatic carbocycles. The van der Waals surface area contributed by atoms with Gasteiger partial charge < -0.3 is 9.73 Å². The maximum atomic E-state index is 5.64. The summed E-state index contributed by atoms with van der Waals surface area (Å²) in [5.74, 6) is 0.972. The molecule has 4 nitrogen and oxygen atoms in total. The van der Waals surface area contributed by atoms with Gasteiger partial charge in [0.15, 0.2) is 0 Å². The van der Waals surface area contributed by atoms with Crippen molar-refractivity contribution in [1.82, 2.24) is 15.2 Å². The second-order valence-electron chi connectivity index (χ2n) is 4.91. The van der Waals surface area contributed by atoms with Crippen LogP contribution >= 0.6 is 0 Å². The predicted octanol–water partition coefficient (Wildman–Crippen LogP) is 1.98. The molecular weight excluding hydrogens is 238 g/mol. The van der Waals surface area contributed by atoms with E-state index in [2.05, 4.69) is 27.3 Å². The number of pyridine rings is 1. The summed E-state index contributed by atoms with van der Waals surface area (Å²) in [4.78, 5) is 7.11. The highest BCUT2D eigenvalue weighted by Crippen LogP contribution is 2.28. The number of nitrogens with one attached hydrogen (secondary N) is 1. The number of aryl methyl sites for hydroxylation is 1. The van der Waals surface area contributed by atoms with E-state index in [9.17, 15) is 0 Å². The monoisotopic (exact) mass is 257 g/mol. The minimum absolute atomic E-state index is 0.122. The average Bonchev–Trinajstić information content (AvgIpc) is 2.94. The molecule has 0 aliphatic carbocycles. The van der Waals surface area contributed by atoms with E-state index in [0.717, 1.165) is 43.3 Å². The lowest BCUT2D eigenvalue weighted by Gasteiger charge is -2.33. The first-order chi connectivity index (χ1) is 9.34. The summed E-state index contributed by atoms with van der Waals surface area (Å²) in [6.07, 6.45) is 1.74. The van der Waals surface area contributed by atoms with Crippen LogP contribution in [0.4, 0.5) is 0 Å². The number of hydrogen-bond acceptors (Lipinski definition) is 4. The topological polar surface area (TPSA) is 41.3 Å². The van der Waals surface area contributed by atoms with Crippen molar-refractivity contribution < 1.29 is 4.42 Å². The molecule has 1 N–H and O–H groups in total. The normalized spacial score (nSPS) is 18.4. The molecule has 1 unspecified atom stereocenters. The van der Waals surface area contributed by atoms with Crippen LogP contribution in [0.5, 0.6) is 0 Å². The molecule has 19 heavy (non-hydrogen) atoms. The van der Waals surface area contributed by atoms with E-state index in [1.165, 1.54) is 0 Å². The molecule has 2 aromatic rings. The third-order valence-electron chi connectivity index (χ3n) is 3.52. The van der Waals surface area contributed by atoms with Crippen LogP contribution < -0.4 is 5.32 Å². The molecule has 1 fully saturated rings. The predicted molar refractivity (Wildman–Crippen MR) is 74.0 cm³/mol. The maximum Gasteiger partial charge on any atom is 0.127 e. The number of furan rings is 1. The second kappa shape index (κ2) is 5.55. The molecule has 1 aliphatic heterocycles. The number of piperazine rings is 1. The summed E-state index contributed by atoms with van der Waals surface area (Å²) in [6, 6.07) is 10.3. The van der Waals surface area contributed by atoms with E-state index in [-0.39, 0.29) is 6.04 Å². The van der Waals surface area contributed by atoms with Gasteiger partial charge >= 0.3 is 0 Å². The van der Waals surface area contributed by atoms with Gasteiger partial charge in [-0.1, -0.05) is 6.07 Å². The molecule has 0 amide bonds. The van der Waals surface area contributed by atoms with Crippen molar-refractivity contribution in [1.29, 1.82) is 0 Å². The largest absolute Gasteiger partial charge is 0.467 e. The second-order valence-corrected chi connectivity index (χ2v) is 4.91. The molecule has 3 heterocycles. The smallest absolute Gasteiger partial charge is 0.127 e. The summed E-state index contributed by atoms with van der Waals surface area (Å²) >= 11 is 0. The van der Waals surface area contributed by atoms with Crippen molar-refractivity contribution >= 4 is 0 Å². The lowest BCUT2D eigenvalue weighted by Crippen LogP contribution is -2.45. The van der Waals surface area contributed by atoms with Crippen LogP contribution in [0.25, 0.3) is 0 Å². The van der Waals surface area contributed by atoms with Crippen LogP contribution in [0.1, 0.15) is 23.2 Å². The molecule has 1 aliphatic rings. The fourth-order valence-electron chi connectivity index (χ4n) is 2.62. The van der Waals surface area contributed by atoms with Crippen molar-refractivity contribution in [3.8, 4) is 0 Å². The van der Waals surface area contributed by atoms with Gasteiger partial charge in [0, 0.05) is 31.9 Å². The zero-order valence-electron chi connectivity index (χ0n) is 11.2. The number of hydrogen-bond donors (Lipinski definition) is 1. The first-order valence-corrected chi connectivity index (χ1v) is 6.76. The van der Waals surface area contributed by atoms with E-state index in [0.29, 0.717) is 0 Å². The third kappa shape index (κ3) is 2.69. The van der Waals surface area contributed by atoms with Gasteiger partial charge in [-0.05, 0) is 31.2 Å². The lowest BCUT2D eigenvalue weighted by molar-refractivity contribution is 0.177. The molecule has 0 bridgehead atoms. The van der Waals surface area contributed by atoms with Crippen molar-refractivity contribution in [2.45, 2.75) is 13.0 Å². The fraction of sp³-hybridized carbons (Fsp3) is 0.400. The molecule has 100 valence electrons. The summed E-state index contributed by atoms with van der Waals surface area (Å²) < 4.78 is 5.64. The van der Waals surface area contributed by atoms with Gasteiger partial charge in [0.2, 0.25) is 0 Å². The molecule has 1 saturated heterocycles. The summed E-state index contributed by atoms with van der Waals surface area (Å²) in [6.45, 7) is 6.09. The Hall–Kier alpha value is -1.65. The first-order valence-electron chi connectivity index (χ1n) is 6.76. The average molecular weight is 257 g/mol. The molecule has 0 radical (unpaired) electrons. The van der Waals surface area contributed by atoms with Crippen LogP contribution in [0.2, 0.25) is 0 Å². The minimum atomic E-state index is 0.122. The maximum absolute atomic E-state index is 5.64. The zero-order chi connectivity index (χ0) is 13.1. The van der Waals surface area contributed by atoms with Crippen LogP contribution in [0.3, 0.4) is 0 Å². The lowest BCUT2D eigenvalue weighted by atomic mass is 10.1. The van der Waals surface area contributed by atoms with E-state index >= 15 is 0 Å². The van der Waals surface area contributed by atoms with Crippen molar-refractivity contribution in [3.05, 3.63) is 53.7 Å². The number of rotatable bonds is 3.